The van der Waals surface area contributed by atoms with Crippen molar-refractivity contribution in [3.63, 3.8) is 0 Å². The van der Waals surface area contributed by atoms with Gasteiger partial charge in [-0.3, -0.25) is 0 Å². The van der Waals surface area contributed by atoms with Crippen LogP contribution in [0.3, 0.4) is 0 Å². The number of nitrogen functional groups attached to an aromatic ring is 1. The lowest BCUT2D eigenvalue weighted by molar-refractivity contribution is 1.23. The number of nitrogens with zero attached hydrogens (tertiary/aromatic N) is 2. The van der Waals surface area contributed by atoms with E-state index in [1.54, 1.807) is 6.07 Å². The minimum atomic E-state index is 0.491. The Balaban J connectivity index is 2.89. The van der Waals surface area contributed by atoms with Crippen molar-refractivity contribution < 1.29 is 0 Å². The zero-order chi connectivity index (χ0) is 9.42. The van der Waals surface area contributed by atoms with Crippen LogP contribution in [0, 0.1) is 6.92 Å². The average molecular weight is 194 g/mol. The van der Waals surface area contributed by atoms with Crippen LogP contribution in [0.5, 0.6) is 0 Å². The maximum absolute atomic E-state index is 5.94. The topological polar surface area (TPSA) is 51.8 Å². The molecule has 3 nitrogen and oxygen atoms in total. The first-order chi connectivity index (χ1) is 6.18. The summed E-state index contributed by atoms with van der Waals surface area (Å²) in [5.41, 5.74) is 7.44. The summed E-state index contributed by atoms with van der Waals surface area (Å²) in [6.07, 6.45) is 1.43. The summed E-state index contributed by atoms with van der Waals surface area (Å²) in [7, 11) is 0. The van der Waals surface area contributed by atoms with Crippen LogP contribution < -0.4 is 5.73 Å². The molecule has 1 aromatic carbocycles. The second kappa shape index (κ2) is 2.85. The predicted molar refractivity (Wildman–Crippen MR) is 53.7 cm³/mol. The third kappa shape index (κ3) is 1.31. The van der Waals surface area contributed by atoms with E-state index in [0.717, 1.165) is 16.5 Å². The summed E-state index contributed by atoms with van der Waals surface area (Å²) in [5, 5.41) is 1.55. The van der Waals surface area contributed by atoms with Crippen molar-refractivity contribution in [1.82, 2.24) is 9.97 Å². The van der Waals surface area contributed by atoms with Crippen molar-refractivity contribution >= 4 is 28.3 Å². The number of benzene rings is 1. The van der Waals surface area contributed by atoms with Crippen LogP contribution in [0.4, 0.5) is 5.82 Å². The van der Waals surface area contributed by atoms with E-state index in [9.17, 15) is 0 Å². The molecular weight excluding hydrogens is 186 g/mol. The fraction of sp³-hybridized carbons (Fsp3) is 0.111. The summed E-state index contributed by atoms with van der Waals surface area (Å²) < 4.78 is 0. The second-order valence-electron chi connectivity index (χ2n) is 2.88. The number of fused-ring (bicyclic) bond motifs is 1. The Labute approximate surface area is 80.6 Å². The van der Waals surface area contributed by atoms with Gasteiger partial charge < -0.3 is 5.73 Å². The molecule has 13 heavy (non-hydrogen) atoms. The van der Waals surface area contributed by atoms with Gasteiger partial charge in [0.15, 0.2) is 0 Å². The fourth-order valence-corrected chi connectivity index (χ4v) is 1.36. The van der Waals surface area contributed by atoms with Gasteiger partial charge in [0.2, 0.25) is 0 Å². The highest BCUT2D eigenvalue weighted by atomic mass is 35.5. The first-order valence-electron chi connectivity index (χ1n) is 3.85. The van der Waals surface area contributed by atoms with Gasteiger partial charge in [-0.05, 0) is 24.6 Å². The van der Waals surface area contributed by atoms with Crippen LogP contribution in [-0.2, 0) is 0 Å². The molecule has 2 N–H and O–H groups in total. The fourth-order valence-electron chi connectivity index (χ4n) is 1.21. The first kappa shape index (κ1) is 8.26. The Bertz CT molecular complexity index is 468. The maximum atomic E-state index is 5.94. The largest absolute Gasteiger partial charge is 0.383 e. The van der Waals surface area contributed by atoms with Gasteiger partial charge in [0.1, 0.15) is 12.1 Å². The first-order valence-corrected chi connectivity index (χ1v) is 4.22. The number of halogens is 1. The Hall–Kier alpha value is -1.35. The SMILES string of the molecule is Cc1cc2c(N)ncnc2cc1Cl. The molecule has 0 bridgehead atoms. The van der Waals surface area contributed by atoms with Crippen LogP contribution >= 0.6 is 11.6 Å². The molecule has 4 heteroatoms. The summed E-state index contributed by atoms with van der Waals surface area (Å²) >= 11 is 5.94. The highest BCUT2D eigenvalue weighted by Crippen LogP contribution is 2.24. The molecule has 1 heterocycles. The Morgan fingerprint density at radius 1 is 1.31 bits per heavy atom. The Morgan fingerprint density at radius 3 is 2.85 bits per heavy atom. The number of anilines is 1. The summed E-state index contributed by atoms with van der Waals surface area (Å²) in [5.74, 6) is 0.491. The molecule has 66 valence electrons. The van der Waals surface area contributed by atoms with E-state index in [0.29, 0.717) is 10.8 Å². The number of aryl methyl sites for hydroxylation is 1. The summed E-state index contributed by atoms with van der Waals surface area (Å²) in [6, 6.07) is 3.69. The molecule has 1 aromatic heterocycles. The van der Waals surface area contributed by atoms with Gasteiger partial charge in [-0.25, -0.2) is 9.97 Å². The van der Waals surface area contributed by atoms with Gasteiger partial charge in [0, 0.05) is 10.4 Å². The van der Waals surface area contributed by atoms with Gasteiger partial charge in [0.25, 0.3) is 0 Å². The standard InChI is InChI=1S/C9H8ClN3/c1-5-2-6-8(3-7(5)10)12-4-13-9(6)11/h2-4H,1H3,(H2,11,12,13). The third-order valence-electron chi connectivity index (χ3n) is 1.95. The summed E-state index contributed by atoms with van der Waals surface area (Å²) in [6.45, 7) is 1.92. The van der Waals surface area contributed by atoms with Crippen LogP contribution in [-0.4, -0.2) is 9.97 Å². The van der Waals surface area contributed by atoms with Gasteiger partial charge in [-0.15, -0.1) is 0 Å². The normalized spacial score (nSPS) is 10.6. The molecule has 0 spiro atoms. The van der Waals surface area contributed by atoms with Gasteiger partial charge >= 0.3 is 0 Å². The molecule has 0 unspecified atom stereocenters. The number of rotatable bonds is 0. The van der Waals surface area contributed by atoms with E-state index in [1.807, 2.05) is 13.0 Å². The zero-order valence-corrected chi connectivity index (χ0v) is 7.84. The van der Waals surface area contributed by atoms with E-state index in [4.69, 9.17) is 17.3 Å². The molecule has 0 radical (unpaired) electrons. The number of hydrogen-bond acceptors (Lipinski definition) is 3. The maximum Gasteiger partial charge on any atom is 0.134 e. The number of aromatic nitrogens is 2. The molecule has 0 aliphatic rings. The number of hydrogen-bond donors (Lipinski definition) is 1. The molecule has 0 saturated heterocycles. The highest BCUT2D eigenvalue weighted by molar-refractivity contribution is 6.32. The van der Waals surface area contributed by atoms with E-state index in [2.05, 4.69) is 9.97 Å². The van der Waals surface area contributed by atoms with Crippen molar-refractivity contribution in [3.8, 4) is 0 Å². The summed E-state index contributed by atoms with van der Waals surface area (Å²) in [4.78, 5) is 7.97. The van der Waals surface area contributed by atoms with E-state index in [1.165, 1.54) is 6.33 Å². The average Bonchev–Trinajstić information content (AvgIpc) is 2.09. The van der Waals surface area contributed by atoms with Crippen molar-refractivity contribution in [3.05, 3.63) is 29.0 Å². The Kier molecular flexibility index (Phi) is 1.81. The monoisotopic (exact) mass is 193 g/mol. The van der Waals surface area contributed by atoms with Crippen molar-refractivity contribution in [1.29, 1.82) is 0 Å². The lowest BCUT2D eigenvalue weighted by Gasteiger charge is -2.02. The molecule has 0 fully saturated rings. The molecule has 2 rings (SSSR count). The minimum absolute atomic E-state index is 0.491. The molecule has 0 aliphatic heterocycles. The smallest absolute Gasteiger partial charge is 0.134 e. The van der Waals surface area contributed by atoms with Crippen molar-refractivity contribution in [2.75, 3.05) is 5.73 Å². The lowest BCUT2D eigenvalue weighted by Crippen LogP contribution is -1.93. The quantitative estimate of drug-likeness (QED) is 0.698. The molecular formula is C9H8ClN3. The molecule has 0 atom stereocenters. The van der Waals surface area contributed by atoms with Crippen LogP contribution in [0.25, 0.3) is 10.9 Å². The lowest BCUT2D eigenvalue weighted by atomic mass is 10.1. The van der Waals surface area contributed by atoms with Gasteiger partial charge in [-0.1, -0.05) is 11.6 Å². The molecule has 0 saturated carbocycles. The molecule has 0 aliphatic carbocycles. The van der Waals surface area contributed by atoms with Crippen LogP contribution in [0.2, 0.25) is 5.02 Å². The van der Waals surface area contributed by atoms with Gasteiger partial charge in [-0.2, -0.15) is 0 Å². The van der Waals surface area contributed by atoms with Gasteiger partial charge in [0.05, 0.1) is 5.52 Å². The molecule has 0 amide bonds. The van der Waals surface area contributed by atoms with E-state index in [-0.39, 0.29) is 0 Å². The van der Waals surface area contributed by atoms with Crippen LogP contribution in [0.15, 0.2) is 18.5 Å². The van der Waals surface area contributed by atoms with E-state index >= 15 is 0 Å². The zero-order valence-electron chi connectivity index (χ0n) is 7.08. The highest BCUT2D eigenvalue weighted by Gasteiger charge is 2.03. The third-order valence-corrected chi connectivity index (χ3v) is 2.35. The van der Waals surface area contributed by atoms with Crippen molar-refractivity contribution in [2.45, 2.75) is 6.92 Å². The van der Waals surface area contributed by atoms with E-state index < -0.39 is 0 Å². The minimum Gasteiger partial charge on any atom is -0.383 e. The second-order valence-corrected chi connectivity index (χ2v) is 3.28. The van der Waals surface area contributed by atoms with Crippen molar-refractivity contribution in [2.24, 2.45) is 0 Å². The molecule has 2 aromatic rings. The number of nitrogens with two attached hydrogens (primary N) is 1. The Morgan fingerprint density at radius 2 is 2.08 bits per heavy atom. The predicted octanol–water partition coefficient (Wildman–Crippen LogP) is 2.17. The van der Waals surface area contributed by atoms with Crippen LogP contribution in [0.1, 0.15) is 5.56 Å².